The first-order chi connectivity index (χ1) is 20.9. The van der Waals surface area contributed by atoms with Crippen molar-refractivity contribution in [2.45, 2.75) is 57.9 Å². The number of carbonyl (C=O) groups excluding carboxylic acids is 1. The lowest BCUT2D eigenvalue weighted by Gasteiger charge is -2.41. The van der Waals surface area contributed by atoms with E-state index in [9.17, 15) is 26.4 Å². The number of anilines is 1. The second kappa shape index (κ2) is 11.8. The lowest BCUT2D eigenvalue weighted by Crippen LogP contribution is -2.51. The predicted molar refractivity (Wildman–Crippen MR) is 160 cm³/mol. The molecule has 0 radical (unpaired) electrons. The van der Waals surface area contributed by atoms with Crippen LogP contribution in [-0.2, 0) is 40.5 Å². The maximum atomic E-state index is 13.2. The summed E-state index contributed by atoms with van der Waals surface area (Å²) < 4.78 is 73.1. The number of aryl methyl sites for hydroxylation is 2. The van der Waals surface area contributed by atoms with Crippen molar-refractivity contribution < 1.29 is 31.1 Å². The van der Waals surface area contributed by atoms with E-state index in [0.717, 1.165) is 85.5 Å². The molecular formula is C31H36F3N5O4S. The van der Waals surface area contributed by atoms with Gasteiger partial charge in [-0.05, 0) is 56.5 Å². The molecule has 2 aromatic carbocycles. The molecule has 0 N–H and O–H groups in total. The summed E-state index contributed by atoms with van der Waals surface area (Å²) in [6.07, 6.45) is -0.278. The predicted octanol–water partition coefficient (Wildman–Crippen LogP) is 4.48. The fourth-order valence-electron chi connectivity index (χ4n) is 6.61. The first-order valence-electron chi connectivity index (χ1n) is 14.9. The van der Waals surface area contributed by atoms with E-state index in [-0.39, 0.29) is 25.1 Å². The fourth-order valence-corrected chi connectivity index (χ4v) is 7.39. The normalized spacial score (nSPS) is 18.7. The fraction of sp³-hybridized carbons (Fsp3) is 0.484. The van der Waals surface area contributed by atoms with Crippen LogP contribution in [0.2, 0.25) is 0 Å². The monoisotopic (exact) mass is 631 g/mol. The quantitative estimate of drug-likeness (QED) is 0.383. The van der Waals surface area contributed by atoms with Gasteiger partial charge in [-0.25, -0.2) is 8.42 Å². The average Bonchev–Trinajstić information content (AvgIpc) is 3.35. The molecule has 3 aliphatic heterocycles. The molecule has 3 aliphatic rings. The van der Waals surface area contributed by atoms with Gasteiger partial charge in [-0.1, -0.05) is 24.3 Å². The number of para-hydroxylation sites is 1. The number of alkyl halides is 3. The minimum absolute atomic E-state index is 0.00741. The Morgan fingerprint density at radius 2 is 1.75 bits per heavy atom. The number of carbonyl (C=O) groups is 1. The van der Waals surface area contributed by atoms with Crippen molar-refractivity contribution in [3.63, 3.8) is 0 Å². The van der Waals surface area contributed by atoms with Crippen LogP contribution in [0.25, 0.3) is 11.3 Å². The van der Waals surface area contributed by atoms with Crippen LogP contribution in [0.1, 0.15) is 41.6 Å². The van der Waals surface area contributed by atoms with Gasteiger partial charge in [-0.3, -0.25) is 9.48 Å². The van der Waals surface area contributed by atoms with Crippen molar-refractivity contribution in [1.29, 1.82) is 0 Å². The number of sulfonamides is 1. The minimum atomic E-state index is -4.44. The smallest absolute Gasteiger partial charge is 0.416 e. The lowest BCUT2D eigenvalue weighted by atomic mass is 9.99. The molecule has 1 saturated heterocycles. The number of hydrogen-bond donors (Lipinski definition) is 0. The van der Waals surface area contributed by atoms with Gasteiger partial charge in [0.05, 0.1) is 23.2 Å². The number of ether oxygens (including phenoxy) is 1. The third-order valence-electron chi connectivity index (χ3n) is 8.88. The summed E-state index contributed by atoms with van der Waals surface area (Å²) in [5.41, 5.74) is 3.88. The second-order valence-corrected chi connectivity index (χ2v) is 13.8. The maximum Gasteiger partial charge on any atom is 0.416 e. The molecule has 6 rings (SSSR count). The highest BCUT2D eigenvalue weighted by Crippen LogP contribution is 2.38. The first-order valence-corrected chi connectivity index (χ1v) is 16.7. The van der Waals surface area contributed by atoms with Crippen molar-refractivity contribution in [2.75, 3.05) is 43.9 Å². The third-order valence-corrected chi connectivity index (χ3v) is 10.1. The molecule has 0 saturated carbocycles. The number of amides is 1. The van der Waals surface area contributed by atoms with Gasteiger partial charge in [0.2, 0.25) is 10.0 Å². The van der Waals surface area contributed by atoms with Crippen LogP contribution in [-0.4, -0.2) is 78.4 Å². The third kappa shape index (κ3) is 6.09. The molecule has 3 aromatic rings. The van der Waals surface area contributed by atoms with Crippen LogP contribution in [0.4, 0.5) is 18.9 Å². The Morgan fingerprint density at radius 1 is 1.02 bits per heavy atom. The number of aromatic nitrogens is 2. The Balaban J connectivity index is 1.13. The summed E-state index contributed by atoms with van der Waals surface area (Å²) in [7, 11) is -3.44. The molecule has 1 amide bonds. The summed E-state index contributed by atoms with van der Waals surface area (Å²) in [5, 5.41) is 4.80. The van der Waals surface area contributed by atoms with E-state index in [4.69, 9.17) is 9.84 Å². The van der Waals surface area contributed by atoms with Crippen LogP contribution in [0, 0.1) is 6.92 Å². The van der Waals surface area contributed by atoms with Crippen molar-refractivity contribution in [3.8, 4) is 17.0 Å². The van der Waals surface area contributed by atoms with Gasteiger partial charge in [0.1, 0.15) is 5.75 Å². The number of halogens is 3. The molecule has 0 aliphatic carbocycles. The molecule has 1 fully saturated rings. The molecule has 44 heavy (non-hydrogen) atoms. The molecule has 236 valence electrons. The summed E-state index contributed by atoms with van der Waals surface area (Å²) in [6.45, 7) is 5.68. The largest absolute Gasteiger partial charge is 0.482 e. The number of fused-ring (bicyclic) bond motifs is 2. The molecule has 1 aromatic heterocycles. The van der Waals surface area contributed by atoms with Crippen molar-refractivity contribution in [1.82, 2.24) is 19.0 Å². The van der Waals surface area contributed by atoms with Crippen LogP contribution in [0.3, 0.4) is 0 Å². The standard InChI is InChI=1S/C31H36F3N5O4S/c1-21-5-3-6-27-30(21)39(28(40)20-43-27)24-11-16-36(17-12-24)14-4-15-38-26-13-18-37(44(2,41)42)19-25(26)29(35-38)22-7-9-23(10-8-22)31(32,33)34/h3,5-10,24H,4,11-20H2,1-2H3. The van der Waals surface area contributed by atoms with Crippen molar-refractivity contribution in [2.24, 2.45) is 0 Å². The van der Waals surface area contributed by atoms with Crippen LogP contribution in [0.15, 0.2) is 42.5 Å². The lowest BCUT2D eigenvalue weighted by molar-refractivity contribution is -0.137. The van der Waals surface area contributed by atoms with Gasteiger partial charge in [-0.2, -0.15) is 22.6 Å². The van der Waals surface area contributed by atoms with E-state index < -0.39 is 21.8 Å². The number of nitrogens with zero attached hydrogens (tertiary/aromatic N) is 5. The molecule has 0 atom stereocenters. The van der Waals surface area contributed by atoms with Crippen molar-refractivity contribution in [3.05, 3.63) is 64.8 Å². The zero-order valence-electron chi connectivity index (χ0n) is 24.8. The van der Waals surface area contributed by atoms with Gasteiger partial charge in [0.15, 0.2) is 6.61 Å². The number of hydrogen-bond acceptors (Lipinski definition) is 6. The Hall–Kier alpha value is -3.42. The molecular weight excluding hydrogens is 595 g/mol. The summed E-state index contributed by atoms with van der Waals surface area (Å²) in [4.78, 5) is 17.2. The molecule has 9 nitrogen and oxygen atoms in total. The summed E-state index contributed by atoms with van der Waals surface area (Å²) >= 11 is 0. The van der Waals surface area contributed by atoms with Gasteiger partial charge >= 0.3 is 6.18 Å². The van der Waals surface area contributed by atoms with E-state index in [1.165, 1.54) is 16.4 Å². The molecule has 0 spiro atoms. The molecule has 13 heteroatoms. The summed E-state index contributed by atoms with van der Waals surface area (Å²) in [6, 6.07) is 10.8. The SMILES string of the molecule is Cc1cccc2c1N(C1CCN(CCCn3nc(-c4ccc(C(F)(F)F)cc4)c4c3CCN(S(C)(=O)=O)C4)CC1)C(=O)CO2. The van der Waals surface area contributed by atoms with Crippen LogP contribution in [0.5, 0.6) is 5.75 Å². The van der Waals surface area contributed by atoms with E-state index in [0.29, 0.717) is 30.8 Å². The summed E-state index contributed by atoms with van der Waals surface area (Å²) in [5.74, 6) is 0.747. The Labute approximate surface area is 255 Å². The van der Waals surface area contributed by atoms with Gasteiger partial charge < -0.3 is 14.5 Å². The number of benzene rings is 2. The number of piperidine rings is 1. The maximum absolute atomic E-state index is 13.2. The second-order valence-electron chi connectivity index (χ2n) is 11.8. The average molecular weight is 632 g/mol. The Morgan fingerprint density at radius 3 is 2.43 bits per heavy atom. The van der Waals surface area contributed by atoms with Crippen LogP contribution < -0.4 is 9.64 Å². The van der Waals surface area contributed by atoms with E-state index in [1.54, 1.807) is 0 Å². The molecule has 0 bridgehead atoms. The van der Waals surface area contributed by atoms with Gasteiger partial charge in [-0.15, -0.1) is 0 Å². The zero-order valence-corrected chi connectivity index (χ0v) is 25.6. The highest BCUT2D eigenvalue weighted by atomic mass is 32.2. The van der Waals surface area contributed by atoms with Gasteiger partial charge in [0, 0.05) is 62.0 Å². The zero-order chi connectivity index (χ0) is 31.2. The van der Waals surface area contributed by atoms with E-state index in [1.807, 2.05) is 34.7 Å². The highest BCUT2D eigenvalue weighted by molar-refractivity contribution is 7.88. The molecule has 4 heterocycles. The Bertz CT molecular complexity index is 1650. The van der Waals surface area contributed by atoms with E-state index in [2.05, 4.69) is 4.90 Å². The topological polar surface area (TPSA) is 88.0 Å². The van der Waals surface area contributed by atoms with E-state index >= 15 is 0 Å². The van der Waals surface area contributed by atoms with Gasteiger partial charge in [0.25, 0.3) is 5.91 Å². The van der Waals surface area contributed by atoms with Crippen molar-refractivity contribution >= 4 is 21.6 Å². The number of rotatable bonds is 7. The molecule has 0 unspecified atom stereocenters. The highest BCUT2D eigenvalue weighted by Gasteiger charge is 2.35. The van der Waals surface area contributed by atoms with Crippen LogP contribution >= 0.6 is 0 Å². The minimum Gasteiger partial charge on any atom is -0.482 e. The first kappa shape index (κ1) is 30.6. The Kier molecular flexibility index (Phi) is 8.22. The number of likely N-dealkylation sites (tertiary alicyclic amines) is 1.